The minimum atomic E-state index is 0.483. The number of rotatable bonds is 3. The summed E-state index contributed by atoms with van der Waals surface area (Å²) in [5.74, 6) is 5.52. The molecule has 1 unspecified atom stereocenters. The summed E-state index contributed by atoms with van der Waals surface area (Å²) in [5, 5.41) is 0. The molecule has 0 aromatic heterocycles. The van der Waals surface area contributed by atoms with Crippen LogP contribution in [0.15, 0.2) is 108 Å². The zero-order valence-electron chi connectivity index (χ0n) is 24.5. The molecule has 0 heterocycles. The fraction of sp³-hybridized carbons (Fsp3) is 0.243. The molecule has 1 atom stereocenters. The van der Waals surface area contributed by atoms with Gasteiger partial charge in [0, 0.05) is 16.9 Å². The molecule has 0 aliphatic carbocycles. The van der Waals surface area contributed by atoms with E-state index in [0.717, 1.165) is 23.4 Å². The third kappa shape index (κ3) is 15.3. The van der Waals surface area contributed by atoms with Gasteiger partial charge in [-0.15, -0.1) is 31.4 Å². The molecule has 0 amide bonds. The Labute approximate surface area is 244 Å². The summed E-state index contributed by atoms with van der Waals surface area (Å²) < 4.78 is 0. The van der Waals surface area contributed by atoms with Gasteiger partial charge in [0.05, 0.1) is 0 Å². The molecule has 1 nitrogen and oxygen atoms in total. The SMILES string of the molecule is C#CCC.C#Cc1ccc(-c2ccccc2)cc1.CC.Cc1ccc(S)cc1.Cc1ccccc1C(C)CN. The number of nitrogens with two attached hydrogens (primary N) is 1. The predicted molar refractivity (Wildman–Crippen MR) is 177 cm³/mol. The van der Waals surface area contributed by atoms with Gasteiger partial charge in [-0.1, -0.05) is 118 Å². The maximum atomic E-state index is 5.57. The smallest absolute Gasteiger partial charge is 0.0243 e. The third-order valence-electron chi connectivity index (χ3n) is 5.47. The van der Waals surface area contributed by atoms with E-state index in [2.05, 4.69) is 81.6 Å². The first-order valence-corrected chi connectivity index (χ1v) is 13.9. The topological polar surface area (TPSA) is 26.0 Å². The standard InChI is InChI=1S/C14H10.C10H15N.C7H8S.C4H6.C2H6/c1-2-12-8-10-14(11-9-12)13-6-4-3-5-7-13;1-8-5-3-4-6-10(8)9(2)7-11;1-6-2-4-7(8)5-3-6;1-3-4-2;1-2/h1,3-11H;3-6,9H,7,11H2,1-2H3;2-5,8H,1H3;1H,4H2,2H3;1-2H3. The highest BCUT2D eigenvalue weighted by atomic mass is 32.1. The second-order valence-corrected chi connectivity index (χ2v) is 8.99. The molecule has 4 aromatic rings. The van der Waals surface area contributed by atoms with Crippen LogP contribution in [0.4, 0.5) is 0 Å². The van der Waals surface area contributed by atoms with Crippen molar-refractivity contribution in [3.63, 3.8) is 0 Å². The maximum absolute atomic E-state index is 5.57. The Morgan fingerprint density at radius 1 is 0.744 bits per heavy atom. The normalized spacial score (nSPS) is 9.59. The first kappa shape index (κ1) is 35.3. The van der Waals surface area contributed by atoms with Crippen molar-refractivity contribution in [2.24, 2.45) is 5.73 Å². The quantitative estimate of drug-likeness (QED) is 0.198. The second-order valence-electron chi connectivity index (χ2n) is 8.47. The van der Waals surface area contributed by atoms with Gasteiger partial charge in [-0.25, -0.2) is 0 Å². The Hall–Kier alpha value is -3.69. The van der Waals surface area contributed by atoms with Crippen LogP contribution in [-0.2, 0) is 0 Å². The number of thiol groups is 1. The molecular formula is C37H45NS. The Bertz CT molecular complexity index is 1210. The van der Waals surface area contributed by atoms with Crippen LogP contribution in [0.1, 0.15) is 62.3 Å². The van der Waals surface area contributed by atoms with E-state index in [1.807, 2.05) is 87.5 Å². The maximum Gasteiger partial charge on any atom is 0.0243 e. The molecule has 0 bridgehead atoms. The van der Waals surface area contributed by atoms with Crippen molar-refractivity contribution < 1.29 is 0 Å². The zero-order valence-corrected chi connectivity index (χ0v) is 25.4. The van der Waals surface area contributed by atoms with E-state index in [9.17, 15) is 0 Å². The van der Waals surface area contributed by atoms with Crippen molar-refractivity contribution in [1.29, 1.82) is 0 Å². The highest BCUT2D eigenvalue weighted by Crippen LogP contribution is 2.19. The molecule has 0 fully saturated rings. The molecule has 0 aliphatic heterocycles. The molecule has 0 aliphatic rings. The van der Waals surface area contributed by atoms with E-state index in [1.54, 1.807) is 0 Å². The highest BCUT2D eigenvalue weighted by Gasteiger charge is 2.04. The summed E-state index contributed by atoms with van der Waals surface area (Å²) in [7, 11) is 0. The Kier molecular flexibility index (Phi) is 20.2. The number of aryl methyl sites for hydroxylation is 2. The number of benzene rings is 4. The Morgan fingerprint density at radius 2 is 1.23 bits per heavy atom. The number of terminal acetylenes is 2. The molecule has 4 aromatic carbocycles. The molecule has 2 N–H and O–H groups in total. The van der Waals surface area contributed by atoms with Crippen molar-refractivity contribution in [3.05, 3.63) is 125 Å². The van der Waals surface area contributed by atoms with Gasteiger partial charge in [0.1, 0.15) is 0 Å². The fourth-order valence-corrected chi connectivity index (χ4v) is 3.35. The van der Waals surface area contributed by atoms with Crippen molar-refractivity contribution in [1.82, 2.24) is 0 Å². The number of hydrogen-bond acceptors (Lipinski definition) is 2. The van der Waals surface area contributed by atoms with Crippen LogP contribution < -0.4 is 5.73 Å². The van der Waals surface area contributed by atoms with Crippen LogP contribution in [0.3, 0.4) is 0 Å². The lowest BCUT2D eigenvalue weighted by atomic mass is 9.97. The summed E-state index contributed by atoms with van der Waals surface area (Å²) in [6, 6.07) is 34.7. The van der Waals surface area contributed by atoms with E-state index in [-0.39, 0.29) is 0 Å². The minimum Gasteiger partial charge on any atom is -0.330 e. The molecule has 0 saturated heterocycles. The van der Waals surface area contributed by atoms with Crippen LogP contribution in [0.25, 0.3) is 11.1 Å². The Morgan fingerprint density at radius 3 is 1.67 bits per heavy atom. The highest BCUT2D eigenvalue weighted by molar-refractivity contribution is 7.80. The average Bonchev–Trinajstić information content (AvgIpc) is 3.01. The van der Waals surface area contributed by atoms with Crippen LogP contribution in [0, 0.1) is 38.5 Å². The molecule has 204 valence electrons. The van der Waals surface area contributed by atoms with Crippen LogP contribution in [-0.4, -0.2) is 6.54 Å². The summed E-state index contributed by atoms with van der Waals surface area (Å²) in [4.78, 5) is 1.02. The molecule has 39 heavy (non-hydrogen) atoms. The average molecular weight is 536 g/mol. The molecular weight excluding hydrogens is 490 g/mol. The van der Waals surface area contributed by atoms with Gasteiger partial charge in [-0.3, -0.25) is 0 Å². The second kappa shape index (κ2) is 22.3. The monoisotopic (exact) mass is 535 g/mol. The summed E-state index contributed by atoms with van der Waals surface area (Å²) in [6.07, 6.45) is 10.9. The minimum absolute atomic E-state index is 0.483. The summed E-state index contributed by atoms with van der Waals surface area (Å²) in [6.45, 7) is 13.0. The fourth-order valence-electron chi connectivity index (χ4n) is 3.20. The Balaban J connectivity index is 0.000000518. The van der Waals surface area contributed by atoms with Crippen molar-refractivity contribution in [3.8, 4) is 35.8 Å². The predicted octanol–water partition coefficient (Wildman–Crippen LogP) is 9.73. The van der Waals surface area contributed by atoms with Crippen LogP contribution in [0.5, 0.6) is 0 Å². The van der Waals surface area contributed by atoms with Gasteiger partial charge in [0.2, 0.25) is 0 Å². The van der Waals surface area contributed by atoms with Gasteiger partial charge in [-0.05, 0) is 72.8 Å². The van der Waals surface area contributed by atoms with E-state index in [1.165, 1.54) is 27.8 Å². The molecule has 4 rings (SSSR count). The van der Waals surface area contributed by atoms with E-state index in [4.69, 9.17) is 18.6 Å². The third-order valence-corrected chi connectivity index (χ3v) is 5.77. The van der Waals surface area contributed by atoms with Crippen LogP contribution >= 0.6 is 12.6 Å². The lowest BCUT2D eigenvalue weighted by Crippen LogP contribution is -2.09. The lowest BCUT2D eigenvalue weighted by molar-refractivity contribution is 0.768. The first-order valence-electron chi connectivity index (χ1n) is 13.4. The molecule has 2 heteroatoms. The van der Waals surface area contributed by atoms with E-state index < -0.39 is 0 Å². The lowest BCUT2D eigenvalue weighted by Gasteiger charge is -2.11. The van der Waals surface area contributed by atoms with Crippen molar-refractivity contribution in [2.75, 3.05) is 6.54 Å². The molecule has 0 spiro atoms. The van der Waals surface area contributed by atoms with Crippen LogP contribution in [0.2, 0.25) is 0 Å². The molecule has 0 radical (unpaired) electrons. The largest absolute Gasteiger partial charge is 0.330 e. The van der Waals surface area contributed by atoms with E-state index in [0.29, 0.717) is 5.92 Å². The molecule has 0 saturated carbocycles. The van der Waals surface area contributed by atoms with Crippen molar-refractivity contribution in [2.45, 2.75) is 58.8 Å². The van der Waals surface area contributed by atoms with Gasteiger partial charge in [0.25, 0.3) is 0 Å². The van der Waals surface area contributed by atoms with Gasteiger partial charge >= 0.3 is 0 Å². The summed E-state index contributed by atoms with van der Waals surface area (Å²) >= 11 is 4.13. The number of hydrogen-bond donors (Lipinski definition) is 2. The summed E-state index contributed by atoms with van der Waals surface area (Å²) in [5.41, 5.74) is 12.9. The zero-order chi connectivity index (χ0) is 29.5. The van der Waals surface area contributed by atoms with Crippen molar-refractivity contribution >= 4 is 12.6 Å². The van der Waals surface area contributed by atoms with Gasteiger partial charge < -0.3 is 5.73 Å². The van der Waals surface area contributed by atoms with Gasteiger partial charge in [-0.2, -0.15) is 0 Å². The first-order chi connectivity index (χ1) is 18.9. The van der Waals surface area contributed by atoms with E-state index >= 15 is 0 Å². The van der Waals surface area contributed by atoms with Gasteiger partial charge in [0.15, 0.2) is 0 Å².